The van der Waals surface area contributed by atoms with Crippen LogP contribution < -0.4 is 4.74 Å². The van der Waals surface area contributed by atoms with Crippen molar-refractivity contribution in [1.82, 2.24) is 4.98 Å². The maximum atomic E-state index is 14.0. The molecule has 146 valence electrons. The summed E-state index contributed by atoms with van der Waals surface area (Å²) in [6.45, 7) is 3.30. The third-order valence-electron chi connectivity index (χ3n) is 4.08. The molecule has 0 aliphatic rings. The van der Waals surface area contributed by atoms with E-state index in [0.29, 0.717) is 27.9 Å². The second-order valence-electron chi connectivity index (χ2n) is 6.04. The number of hydrogen-bond donors (Lipinski definition) is 0. The largest absolute Gasteiger partial charge is 0.454 e. The molecule has 0 fully saturated rings. The van der Waals surface area contributed by atoms with Crippen molar-refractivity contribution < 1.29 is 21.9 Å². The van der Waals surface area contributed by atoms with Gasteiger partial charge in [-0.15, -0.1) is 0 Å². The van der Waals surface area contributed by atoms with Gasteiger partial charge in [-0.1, -0.05) is 18.5 Å². The number of hydrogen-bond acceptors (Lipinski definition) is 4. The van der Waals surface area contributed by atoms with Crippen LogP contribution in [0.3, 0.4) is 0 Å². The van der Waals surface area contributed by atoms with Crippen LogP contribution in [0, 0.1) is 18.6 Å². The van der Waals surface area contributed by atoms with Gasteiger partial charge in [0.15, 0.2) is 21.4 Å². The number of aromatic nitrogens is 1. The molecule has 0 spiro atoms. The fraction of sp³-hybridized carbons (Fsp3) is 0.150. The summed E-state index contributed by atoms with van der Waals surface area (Å²) in [7, 11) is -3.50. The van der Waals surface area contributed by atoms with Gasteiger partial charge in [-0.05, 0) is 43.3 Å². The van der Waals surface area contributed by atoms with Gasteiger partial charge in [-0.25, -0.2) is 17.2 Å². The van der Waals surface area contributed by atoms with E-state index in [9.17, 15) is 17.2 Å². The Kier molecular flexibility index (Phi) is 5.67. The first-order valence-electron chi connectivity index (χ1n) is 8.33. The molecule has 1 aromatic heterocycles. The molecule has 0 saturated carbocycles. The molecule has 4 nitrogen and oxygen atoms in total. The lowest BCUT2D eigenvalue weighted by molar-refractivity contribution is 0.438. The Morgan fingerprint density at radius 2 is 1.75 bits per heavy atom. The van der Waals surface area contributed by atoms with Gasteiger partial charge in [0.05, 0.1) is 15.7 Å². The number of ether oxygens (including phenoxy) is 1. The molecular formula is C20H16ClF2NO3S. The summed E-state index contributed by atoms with van der Waals surface area (Å²) in [5.41, 5.74) is 1.44. The van der Waals surface area contributed by atoms with Crippen LogP contribution in [-0.4, -0.2) is 19.2 Å². The van der Waals surface area contributed by atoms with Gasteiger partial charge in [0.25, 0.3) is 0 Å². The van der Waals surface area contributed by atoms with E-state index < -0.39 is 21.5 Å². The maximum absolute atomic E-state index is 14.0. The number of pyridine rings is 1. The van der Waals surface area contributed by atoms with Gasteiger partial charge < -0.3 is 4.74 Å². The second kappa shape index (κ2) is 7.85. The summed E-state index contributed by atoms with van der Waals surface area (Å²) in [6, 6.07) is 8.74. The highest BCUT2D eigenvalue weighted by molar-refractivity contribution is 7.91. The van der Waals surface area contributed by atoms with Crippen LogP contribution >= 0.6 is 11.6 Å². The quantitative estimate of drug-likeness (QED) is 0.538. The summed E-state index contributed by atoms with van der Waals surface area (Å²) >= 11 is 6.32. The summed E-state index contributed by atoms with van der Waals surface area (Å²) < 4.78 is 57.4. The zero-order chi connectivity index (χ0) is 20.5. The number of sulfone groups is 1. The first kappa shape index (κ1) is 20.2. The highest BCUT2D eigenvalue weighted by atomic mass is 35.5. The van der Waals surface area contributed by atoms with E-state index in [0.717, 1.165) is 12.1 Å². The van der Waals surface area contributed by atoms with E-state index in [1.165, 1.54) is 31.3 Å². The lowest BCUT2D eigenvalue weighted by Gasteiger charge is -2.15. The van der Waals surface area contributed by atoms with Crippen LogP contribution in [0.4, 0.5) is 8.78 Å². The van der Waals surface area contributed by atoms with Crippen LogP contribution in [-0.2, 0) is 9.84 Å². The van der Waals surface area contributed by atoms with E-state index in [-0.39, 0.29) is 22.1 Å². The molecule has 3 rings (SSSR count). The standard InChI is InChI=1S/C20H16ClF2NO3S/c1-3-28(25,26)14-5-7-19(27-20-6-4-13(22)9-18(20)23)15(10-14)16-11-24-12(2)8-17(16)21/h4-11H,3H2,1-2H3. The molecule has 0 aliphatic heterocycles. The minimum atomic E-state index is -3.50. The SMILES string of the molecule is CCS(=O)(=O)c1ccc(Oc2ccc(F)cc2F)c(-c2cnc(C)cc2Cl)c1. The molecule has 0 aliphatic carbocycles. The zero-order valence-electron chi connectivity index (χ0n) is 15.0. The smallest absolute Gasteiger partial charge is 0.178 e. The Labute approximate surface area is 166 Å². The van der Waals surface area contributed by atoms with E-state index in [1.807, 2.05) is 0 Å². The molecule has 0 atom stereocenters. The Morgan fingerprint density at radius 3 is 2.39 bits per heavy atom. The summed E-state index contributed by atoms with van der Waals surface area (Å²) in [5.74, 6) is -1.75. The normalized spacial score (nSPS) is 11.5. The van der Waals surface area contributed by atoms with Crippen LogP contribution in [0.1, 0.15) is 12.6 Å². The molecule has 2 aromatic carbocycles. The lowest BCUT2D eigenvalue weighted by atomic mass is 10.1. The first-order valence-corrected chi connectivity index (χ1v) is 10.4. The Hall–Kier alpha value is -2.51. The molecule has 0 N–H and O–H groups in total. The zero-order valence-corrected chi connectivity index (χ0v) is 16.6. The van der Waals surface area contributed by atoms with Crippen LogP contribution in [0.25, 0.3) is 11.1 Å². The first-order chi connectivity index (χ1) is 13.2. The molecule has 3 aromatic rings. The third-order valence-corrected chi connectivity index (χ3v) is 6.13. The highest BCUT2D eigenvalue weighted by Gasteiger charge is 2.19. The van der Waals surface area contributed by atoms with Crippen molar-refractivity contribution in [1.29, 1.82) is 0 Å². The van der Waals surface area contributed by atoms with Gasteiger partial charge in [0.1, 0.15) is 11.6 Å². The Morgan fingerprint density at radius 1 is 1.04 bits per heavy atom. The lowest BCUT2D eigenvalue weighted by Crippen LogP contribution is -2.04. The molecule has 8 heteroatoms. The maximum Gasteiger partial charge on any atom is 0.178 e. The molecule has 1 heterocycles. The number of rotatable bonds is 5. The van der Waals surface area contributed by atoms with Crippen molar-refractivity contribution in [3.63, 3.8) is 0 Å². The van der Waals surface area contributed by atoms with Crippen LogP contribution in [0.2, 0.25) is 5.02 Å². The Bertz CT molecular complexity index is 1150. The summed E-state index contributed by atoms with van der Waals surface area (Å²) in [5, 5.41) is 0.336. The van der Waals surface area contributed by atoms with Crippen molar-refractivity contribution in [3.8, 4) is 22.6 Å². The van der Waals surface area contributed by atoms with Crippen molar-refractivity contribution in [2.75, 3.05) is 5.75 Å². The highest BCUT2D eigenvalue weighted by Crippen LogP contribution is 2.39. The van der Waals surface area contributed by atoms with E-state index >= 15 is 0 Å². The molecule has 0 amide bonds. The van der Waals surface area contributed by atoms with Gasteiger partial charge in [-0.3, -0.25) is 4.98 Å². The van der Waals surface area contributed by atoms with Crippen molar-refractivity contribution in [2.24, 2.45) is 0 Å². The third kappa shape index (κ3) is 4.15. The van der Waals surface area contributed by atoms with Gasteiger partial charge in [0.2, 0.25) is 0 Å². The topological polar surface area (TPSA) is 56.3 Å². The number of aryl methyl sites for hydroxylation is 1. The van der Waals surface area contributed by atoms with Crippen LogP contribution in [0.15, 0.2) is 53.6 Å². The van der Waals surface area contributed by atoms with Crippen molar-refractivity contribution in [3.05, 3.63) is 71.0 Å². The molecule has 0 radical (unpaired) electrons. The van der Waals surface area contributed by atoms with E-state index in [2.05, 4.69) is 4.98 Å². The monoisotopic (exact) mass is 423 g/mol. The summed E-state index contributed by atoms with van der Waals surface area (Å²) in [6.07, 6.45) is 1.49. The molecular weight excluding hydrogens is 408 g/mol. The number of benzene rings is 2. The average Bonchev–Trinajstić information content (AvgIpc) is 2.64. The minimum Gasteiger partial charge on any atom is -0.454 e. The van der Waals surface area contributed by atoms with Gasteiger partial charge >= 0.3 is 0 Å². The average molecular weight is 424 g/mol. The second-order valence-corrected chi connectivity index (χ2v) is 8.73. The summed E-state index contributed by atoms with van der Waals surface area (Å²) in [4.78, 5) is 4.27. The van der Waals surface area contributed by atoms with Gasteiger partial charge in [0, 0.05) is 29.1 Å². The van der Waals surface area contributed by atoms with Crippen molar-refractivity contribution >= 4 is 21.4 Å². The van der Waals surface area contributed by atoms with E-state index in [1.54, 1.807) is 13.0 Å². The molecule has 28 heavy (non-hydrogen) atoms. The molecule has 0 unspecified atom stereocenters. The van der Waals surface area contributed by atoms with Crippen molar-refractivity contribution in [2.45, 2.75) is 18.7 Å². The number of halogens is 3. The number of nitrogens with zero attached hydrogens (tertiary/aromatic N) is 1. The predicted octanol–water partition coefficient (Wildman–Crippen LogP) is 5.57. The minimum absolute atomic E-state index is 0.0774. The fourth-order valence-electron chi connectivity index (χ4n) is 2.57. The predicted molar refractivity (Wildman–Crippen MR) is 104 cm³/mol. The Balaban J connectivity index is 2.18. The van der Waals surface area contributed by atoms with E-state index in [4.69, 9.17) is 16.3 Å². The molecule has 0 bridgehead atoms. The van der Waals surface area contributed by atoms with Crippen LogP contribution in [0.5, 0.6) is 11.5 Å². The van der Waals surface area contributed by atoms with Gasteiger partial charge in [-0.2, -0.15) is 0 Å². The molecule has 0 saturated heterocycles. The fourth-order valence-corrected chi connectivity index (χ4v) is 3.78.